The molecule has 0 radical (unpaired) electrons. The molecular weight excluding hydrogens is 360 g/mol. The highest BCUT2D eigenvalue weighted by Gasteiger charge is 2.06. The number of anilines is 1. The van der Waals surface area contributed by atoms with E-state index in [1.165, 1.54) is 16.8 Å². The fraction of sp³-hybridized carbons (Fsp3) is 0.240. The number of rotatable bonds is 10. The van der Waals surface area contributed by atoms with E-state index in [1.807, 2.05) is 54.6 Å². The summed E-state index contributed by atoms with van der Waals surface area (Å²) in [7, 11) is 0. The molecule has 150 valence electrons. The Morgan fingerprint density at radius 2 is 1.52 bits per heavy atom. The number of hydrogen-bond donors (Lipinski definition) is 2. The summed E-state index contributed by atoms with van der Waals surface area (Å²) in [5, 5.41) is 6.65. The first-order chi connectivity index (χ1) is 14.1. The molecule has 4 nitrogen and oxygen atoms in total. The summed E-state index contributed by atoms with van der Waals surface area (Å²) in [6.07, 6.45) is 0. The molecule has 0 heterocycles. The van der Waals surface area contributed by atoms with Gasteiger partial charge in [0.15, 0.2) is 5.78 Å². The molecule has 0 saturated carbocycles. The zero-order valence-electron chi connectivity index (χ0n) is 17.1. The van der Waals surface area contributed by atoms with E-state index in [9.17, 15) is 4.79 Å². The average molecular weight is 389 g/mol. The van der Waals surface area contributed by atoms with Crippen molar-refractivity contribution in [2.24, 2.45) is 0 Å². The highest BCUT2D eigenvalue weighted by molar-refractivity contribution is 5.97. The van der Waals surface area contributed by atoms with Gasteiger partial charge < -0.3 is 15.4 Å². The van der Waals surface area contributed by atoms with E-state index in [0.29, 0.717) is 18.7 Å². The van der Waals surface area contributed by atoms with Crippen LogP contribution in [0.3, 0.4) is 0 Å². The predicted octanol–water partition coefficient (Wildman–Crippen LogP) is 4.77. The monoisotopic (exact) mass is 388 g/mol. The minimum Gasteiger partial charge on any atom is -0.489 e. The first-order valence-corrected chi connectivity index (χ1v) is 9.94. The second-order valence-corrected chi connectivity index (χ2v) is 7.09. The van der Waals surface area contributed by atoms with Crippen molar-refractivity contribution in [2.75, 3.05) is 25.0 Å². The number of aryl methyl sites for hydroxylation is 2. The van der Waals surface area contributed by atoms with Crippen molar-refractivity contribution in [3.8, 4) is 5.75 Å². The summed E-state index contributed by atoms with van der Waals surface area (Å²) in [6, 6.07) is 23.6. The Kier molecular flexibility index (Phi) is 7.42. The van der Waals surface area contributed by atoms with Crippen molar-refractivity contribution in [2.45, 2.75) is 20.5 Å². The zero-order chi connectivity index (χ0) is 20.5. The summed E-state index contributed by atoms with van der Waals surface area (Å²) >= 11 is 0. The van der Waals surface area contributed by atoms with Crippen LogP contribution in [0.1, 0.15) is 27.0 Å². The minimum absolute atomic E-state index is 0.0756. The minimum atomic E-state index is 0.0756. The SMILES string of the molecule is Cc1cccc(C)c1NCCNCC(=O)c1ccc(OCc2ccccc2)cc1. The summed E-state index contributed by atoms with van der Waals surface area (Å²) < 4.78 is 5.77. The number of ketones is 1. The van der Waals surface area contributed by atoms with Gasteiger partial charge in [-0.05, 0) is 54.8 Å². The van der Waals surface area contributed by atoms with Gasteiger partial charge in [0.25, 0.3) is 0 Å². The predicted molar refractivity (Wildman–Crippen MR) is 119 cm³/mol. The molecule has 3 aromatic rings. The molecule has 0 spiro atoms. The molecule has 0 bridgehead atoms. The molecule has 3 rings (SSSR count). The molecule has 4 heteroatoms. The number of Topliss-reactive ketones (excluding diaryl/α,β-unsaturated/α-hetero) is 1. The number of carbonyl (C=O) groups is 1. The van der Waals surface area contributed by atoms with E-state index in [4.69, 9.17) is 4.74 Å². The Bertz CT molecular complexity index is 901. The van der Waals surface area contributed by atoms with Crippen LogP contribution < -0.4 is 15.4 Å². The lowest BCUT2D eigenvalue weighted by molar-refractivity contribution is 0.0991. The first kappa shape index (κ1) is 20.6. The van der Waals surface area contributed by atoms with Gasteiger partial charge in [0, 0.05) is 24.3 Å². The Morgan fingerprint density at radius 1 is 0.828 bits per heavy atom. The standard InChI is InChI=1S/C25H28N2O2/c1-19-7-6-8-20(2)25(19)27-16-15-26-17-24(28)22-11-13-23(14-12-22)29-18-21-9-4-3-5-10-21/h3-14,26-27H,15-18H2,1-2H3. The lowest BCUT2D eigenvalue weighted by atomic mass is 10.1. The van der Waals surface area contributed by atoms with Gasteiger partial charge in [-0.2, -0.15) is 0 Å². The summed E-state index contributed by atoms with van der Waals surface area (Å²) in [4.78, 5) is 12.4. The normalized spacial score (nSPS) is 10.6. The lowest BCUT2D eigenvalue weighted by Gasteiger charge is -2.13. The molecular formula is C25H28N2O2. The van der Waals surface area contributed by atoms with Crippen molar-refractivity contribution in [1.29, 1.82) is 0 Å². The van der Waals surface area contributed by atoms with Crippen LogP contribution in [0.5, 0.6) is 5.75 Å². The Balaban J connectivity index is 1.39. The first-order valence-electron chi connectivity index (χ1n) is 9.94. The lowest BCUT2D eigenvalue weighted by Crippen LogP contribution is -2.28. The molecule has 0 aliphatic heterocycles. The van der Waals surface area contributed by atoms with Gasteiger partial charge in [-0.15, -0.1) is 0 Å². The van der Waals surface area contributed by atoms with Crippen LogP contribution in [0, 0.1) is 13.8 Å². The van der Waals surface area contributed by atoms with E-state index in [0.717, 1.165) is 24.4 Å². The maximum absolute atomic E-state index is 12.4. The number of benzene rings is 3. The van der Waals surface area contributed by atoms with Crippen molar-refractivity contribution in [1.82, 2.24) is 5.32 Å². The van der Waals surface area contributed by atoms with Crippen molar-refractivity contribution < 1.29 is 9.53 Å². The molecule has 2 N–H and O–H groups in total. The fourth-order valence-corrected chi connectivity index (χ4v) is 3.15. The van der Waals surface area contributed by atoms with Gasteiger partial charge >= 0.3 is 0 Å². The van der Waals surface area contributed by atoms with Crippen molar-refractivity contribution in [3.63, 3.8) is 0 Å². The molecule has 0 saturated heterocycles. The van der Waals surface area contributed by atoms with E-state index >= 15 is 0 Å². The molecule has 0 aliphatic rings. The van der Waals surface area contributed by atoms with E-state index in [1.54, 1.807) is 0 Å². The number of hydrogen-bond acceptors (Lipinski definition) is 4. The molecule has 0 amide bonds. The van der Waals surface area contributed by atoms with Crippen molar-refractivity contribution in [3.05, 3.63) is 95.1 Å². The molecule has 0 fully saturated rings. The molecule has 0 aromatic heterocycles. The van der Waals surface area contributed by atoms with Crippen LogP contribution in [-0.2, 0) is 6.61 Å². The molecule has 3 aromatic carbocycles. The van der Waals surface area contributed by atoms with Crippen LogP contribution in [0.15, 0.2) is 72.8 Å². The Morgan fingerprint density at radius 3 is 2.21 bits per heavy atom. The van der Waals surface area contributed by atoms with Gasteiger partial charge in [0.1, 0.15) is 12.4 Å². The van der Waals surface area contributed by atoms with Crippen molar-refractivity contribution >= 4 is 11.5 Å². The van der Waals surface area contributed by atoms with E-state index in [-0.39, 0.29) is 5.78 Å². The summed E-state index contributed by atoms with van der Waals surface area (Å²) in [5.41, 5.74) is 5.44. The van der Waals surface area contributed by atoms with E-state index < -0.39 is 0 Å². The largest absolute Gasteiger partial charge is 0.489 e. The summed E-state index contributed by atoms with van der Waals surface area (Å²) in [6.45, 7) is 6.52. The van der Waals surface area contributed by atoms with Gasteiger partial charge in [-0.1, -0.05) is 48.5 Å². The quantitative estimate of drug-likeness (QED) is 0.388. The number of nitrogens with one attached hydrogen (secondary N) is 2. The zero-order valence-corrected chi connectivity index (χ0v) is 17.1. The van der Waals surface area contributed by atoms with Gasteiger partial charge in [0.05, 0.1) is 6.54 Å². The van der Waals surface area contributed by atoms with Gasteiger partial charge in [-0.3, -0.25) is 4.79 Å². The molecule has 0 aliphatic carbocycles. The maximum atomic E-state index is 12.4. The molecule has 29 heavy (non-hydrogen) atoms. The maximum Gasteiger partial charge on any atom is 0.176 e. The van der Waals surface area contributed by atoms with Gasteiger partial charge in [-0.25, -0.2) is 0 Å². The Labute approximate surface area is 172 Å². The number of carbonyl (C=O) groups excluding carboxylic acids is 1. The Hall–Kier alpha value is -3.11. The van der Waals surface area contributed by atoms with Crippen LogP contribution in [0.4, 0.5) is 5.69 Å². The highest BCUT2D eigenvalue weighted by atomic mass is 16.5. The van der Waals surface area contributed by atoms with Crippen LogP contribution in [-0.4, -0.2) is 25.4 Å². The fourth-order valence-electron chi connectivity index (χ4n) is 3.15. The third-order valence-electron chi connectivity index (χ3n) is 4.79. The van der Waals surface area contributed by atoms with Crippen LogP contribution >= 0.6 is 0 Å². The van der Waals surface area contributed by atoms with Crippen LogP contribution in [0.25, 0.3) is 0 Å². The average Bonchev–Trinajstić information content (AvgIpc) is 2.75. The molecule has 0 atom stereocenters. The third-order valence-corrected chi connectivity index (χ3v) is 4.79. The highest BCUT2D eigenvalue weighted by Crippen LogP contribution is 2.18. The second kappa shape index (κ2) is 10.4. The summed E-state index contributed by atoms with van der Waals surface area (Å²) in [5.74, 6) is 0.836. The third kappa shape index (κ3) is 6.19. The number of ether oxygens (including phenoxy) is 1. The molecule has 0 unspecified atom stereocenters. The topological polar surface area (TPSA) is 50.4 Å². The second-order valence-electron chi connectivity index (χ2n) is 7.09. The van der Waals surface area contributed by atoms with Crippen LogP contribution in [0.2, 0.25) is 0 Å². The number of para-hydroxylation sites is 1. The van der Waals surface area contributed by atoms with Gasteiger partial charge in [0.2, 0.25) is 0 Å². The smallest absolute Gasteiger partial charge is 0.176 e. The van der Waals surface area contributed by atoms with E-state index in [2.05, 4.69) is 42.7 Å².